The molecule has 0 radical (unpaired) electrons. The molecular formula is C6H7N5O2. The average Bonchev–Trinajstić information content (AvgIpc) is 2.32. The molecule has 2 aromatic rings. The number of rotatable bonds is 0. The van der Waals surface area contributed by atoms with Crippen LogP contribution in [0.25, 0.3) is 11.2 Å². The van der Waals surface area contributed by atoms with Gasteiger partial charge in [-0.2, -0.15) is 0 Å². The Morgan fingerprint density at radius 2 is 2.23 bits per heavy atom. The van der Waals surface area contributed by atoms with E-state index < -0.39 is 5.56 Å². The molecule has 0 aliphatic rings. The number of nitrogens with two attached hydrogens (primary N) is 1. The number of aromatic amines is 2. The predicted molar refractivity (Wildman–Crippen MR) is 44.8 cm³/mol. The molecule has 7 nitrogen and oxygen atoms in total. The molecule has 7 heteroatoms. The van der Waals surface area contributed by atoms with Gasteiger partial charge in [-0.25, -0.2) is 4.73 Å². The van der Waals surface area contributed by atoms with Crippen molar-refractivity contribution in [1.82, 2.24) is 15.0 Å². The SMILES string of the molecule is Cc1[nH]c2c(=O)[nH]c(N)nc2[n+]1[O-]. The zero-order valence-corrected chi connectivity index (χ0v) is 6.79. The van der Waals surface area contributed by atoms with Crippen LogP contribution in [-0.2, 0) is 0 Å². The highest BCUT2D eigenvalue weighted by atomic mass is 16.5. The van der Waals surface area contributed by atoms with Gasteiger partial charge in [-0.3, -0.25) is 14.8 Å². The highest BCUT2D eigenvalue weighted by Gasteiger charge is 2.15. The molecule has 0 atom stereocenters. The second kappa shape index (κ2) is 2.22. The summed E-state index contributed by atoms with van der Waals surface area (Å²) in [4.78, 5) is 19.8. The molecule has 0 aliphatic heterocycles. The van der Waals surface area contributed by atoms with Crippen LogP contribution < -0.4 is 16.0 Å². The number of hydrogen-bond donors (Lipinski definition) is 3. The van der Waals surface area contributed by atoms with E-state index in [1.54, 1.807) is 6.92 Å². The quantitative estimate of drug-likeness (QED) is 0.349. The van der Waals surface area contributed by atoms with Crippen molar-refractivity contribution >= 4 is 17.1 Å². The molecule has 0 bridgehead atoms. The molecule has 0 fully saturated rings. The normalized spacial score (nSPS) is 10.8. The van der Waals surface area contributed by atoms with Crippen LogP contribution in [0.1, 0.15) is 5.82 Å². The van der Waals surface area contributed by atoms with Gasteiger partial charge in [0.1, 0.15) is 0 Å². The summed E-state index contributed by atoms with van der Waals surface area (Å²) in [6, 6.07) is 0. The molecule has 0 aliphatic carbocycles. The first-order valence-electron chi connectivity index (χ1n) is 3.57. The molecule has 2 aromatic heterocycles. The second-order valence-electron chi connectivity index (χ2n) is 2.65. The topological polar surface area (TPSA) is 114 Å². The minimum Gasteiger partial charge on any atom is -0.740 e. The number of imidazole rings is 1. The van der Waals surface area contributed by atoms with Gasteiger partial charge in [0.2, 0.25) is 5.52 Å². The molecule has 4 N–H and O–H groups in total. The Bertz CT molecular complexity index is 526. The number of nitrogens with one attached hydrogen (secondary N) is 2. The lowest BCUT2D eigenvalue weighted by atomic mass is 10.5. The number of aryl methyl sites for hydroxylation is 1. The lowest BCUT2D eigenvalue weighted by Gasteiger charge is -1.98. The molecule has 0 spiro atoms. The summed E-state index contributed by atoms with van der Waals surface area (Å²) in [7, 11) is 0. The minimum atomic E-state index is -0.444. The van der Waals surface area contributed by atoms with Crippen LogP contribution in [-0.4, -0.2) is 15.0 Å². The van der Waals surface area contributed by atoms with Crippen LogP contribution in [0.5, 0.6) is 0 Å². The van der Waals surface area contributed by atoms with Gasteiger partial charge in [-0.1, -0.05) is 4.98 Å². The molecular weight excluding hydrogens is 174 g/mol. The first-order chi connectivity index (χ1) is 6.09. The van der Waals surface area contributed by atoms with Crippen molar-refractivity contribution in [2.45, 2.75) is 6.92 Å². The molecule has 13 heavy (non-hydrogen) atoms. The van der Waals surface area contributed by atoms with Crippen molar-refractivity contribution in [3.8, 4) is 0 Å². The van der Waals surface area contributed by atoms with Crippen LogP contribution in [0.4, 0.5) is 5.95 Å². The van der Waals surface area contributed by atoms with E-state index >= 15 is 0 Å². The monoisotopic (exact) mass is 181 g/mol. The summed E-state index contributed by atoms with van der Waals surface area (Å²) in [5, 5.41) is 11.2. The number of nitrogen functional groups attached to an aromatic ring is 1. The summed E-state index contributed by atoms with van der Waals surface area (Å²) >= 11 is 0. The van der Waals surface area contributed by atoms with E-state index in [2.05, 4.69) is 15.0 Å². The van der Waals surface area contributed by atoms with Gasteiger partial charge in [0.05, 0.1) is 0 Å². The molecule has 0 aromatic carbocycles. The van der Waals surface area contributed by atoms with Crippen LogP contribution in [0.3, 0.4) is 0 Å². The van der Waals surface area contributed by atoms with Crippen molar-refractivity contribution in [1.29, 1.82) is 0 Å². The van der Waals surface area contributed by atoms with E-state index in [0.29, 0.717) is 10.6 Å². The fourth-order valence-corrected chi connectivity index (χ4v) is 1.13. The van der Waals surface area contributed by atoms with Crippen molar-refractivity contribution in [3.63, 3.8) is 0 Å². The van der Waals surface area contributed by atoms with Gasteiger partial charge < -0.3 is 10.9 Å². The highest BCUT2D eigenvalue weighted by molar-refractivity contribution is 5.66. The van der Waals surface area contributed by atoms with Gasteiger partial charge in [-0.05, 0) is 0 Å². The minimum absolute atomic E-state index is 0.0127. The number of H-pyrrole nitrogens is 2. The number of hydrogen-bond acceptors (Lipinski definition) is 4. The molecule has 0 amide bonds. The Labute approximate surface area is 71.8 Å². The summed E-state index contributed by atoms with van der Waals surface area (Å²) in [5.74, 6) is 0.236. The lowest BCUT2D eigenvalue weighted by Crippen LogP contribution is -2.29. The third-order valence-corrected chi connectivity index (χ3v) is 1.72. The zero-order chi connectivity index (χ0) is 9.59. The summed E-state index contributed by atoms with van der Waals surface area (Å²) in [5.41, 5.74) is 4.98. The van der Waals surface area contributed by atoms with Crippen LogP contribution >= 0.6 is 0 Å². The number of nitrogens with zero attached hydrogens (tertiary/aromatic N) is 2. The van der Waals surface area contributed by atoms with E-state index in [1.165, 1.54) is 0 Å². The molecule has 0 saturated carbocycles. The Hall–Kier alpha value is -2.05. The smallest absolute Gasteiger partial charge is 0.312 e. The van der Waals surface area contributed by atoms with Gasteiger partial charge in [-0.15, -0.1) is 0 Å². The first kappa shape index (κ1) is 7.59. The summed E-state index contributed by atoms with van der Waals surface area (Å²) in [6.07, 6.45) is 0. The van der Waals surface area contributed by atoms with Crippen LogP contribution in [0, 0.1) is 12.1 Å². The second-order valence-corrected chi connectivity index (χ2v) is 2.65. The first-order valence-corrected chi connectivity index (χ1v) is 3.57. The van der Waals surface area contributed by atoms with Crippen molar-refractivity contribution in [2.24, 2.45) is 0 Å². The summed E-state index contributed by atoms with van der Waals surface area (Å²) < 4.78 is 0.529. The van der Waals surface area contributed by atoms with Crippen LogP contribution in [0.15, 0.2) is 4.79 Å². The Balaban J connectivity index is 3.03. The average molecular weight is 181 g/mol. The molecule has 0 saturated heterocycles. The number of aromatic nitrogens is 4. The summed E-state index contributed by atoms with van der Waals surface area (Å²) in [6.45, 7) is 1.55. The van der Waals surface area contributed by atoms with Crippen molar-refractivity contribution in [3.05, 3.63) is 21.4 Å². The predicted octanol–water partition coefficient (Wildman–Crippen LogP) is -1.22. The molecule has 2 rings (SSSR count). The van der Waals surface area contributed by atoms with Crippen molar-refractivity contribution in [2.75, 3.05) is 5.73 Å². The van der Waals surface area contributed by atoms with Gasteiger partial charge in [0, 0.05) is 6.92 Å². The Morgan fingerprint density at radius 1 is 1.54 bits per heavy atom. The van der Waals surface area contributed by atoms with Crippen molar-refractivity contribution < 1.29 is 4.73 Å². The van der Waals surface area contributed by atoms with Gasteiger partial charge in [0.25, 0.3) is 11.5 Å². The number of anilines is 1. The Morgan fingerprint density at radius 3 is 2.92 bits per heavy atom. The lowest BCUT2D eigenvalue weighted by molar-refractivity contribution is -0.586. The molecule has 68 valence electrons. The zero-order valence-electron chi connectivity index (χ0n) is 6.79. The highest BCUT2D eigenvalue weighted by Crippen LogP contribution is 2.00. The van der Waals surface area contributed by atoms with E-state index in [9.17, 15) is 10.0 Å². The maximum Gasteiger partial charge on any atom is 0.312 e. The third kappa shape index (κ3) is 0.934. The van der Waals surface area contributed by atoms with Gasteiger partial charge in [0.15, 0.2) is 5.82 Å². The fraction of sp³-hybridized carbons (Fsp3) is 0.167. The maximum atomic E-state index is 11.2. The maximum absolute atomic E-state index is 11.2. The van der Waals surface area contributed by atoms with E-state index in [0.717, 1.165) is 0 Å². The molecule has 0 unspecified atom stereocenters. The standard InChI is InChI=1S/C6H7N5O2/c1-2-8-3-4(11(2)13)9-6(7)10-5(3)12/h8H,1H3,(H3,7,9,10,12). The molecule has 2 heterocycles. The van der Waals surface area contributed by atoms with E-state index in [4.69, 9.17) is 5.73 Å². The number of fused-ring (bicyclic) bond motifs is 1. The van der Waals surface area contributed by atoms with Gasteiger partial charge >= 0.3 is 5.65 Å². The van der Waals surface area contributed by atoms with E-state index in [-0.39, 0.29) is 17.1 Å². The fourth-order valence-electron chi connectivity index (χ4n) is 1.13. The van der Waals surface area contributed by atoms with Crippen LogP contribution in [0.2, 0.25) is 0 Å². The third-order valence-electron chi connectivity index (χ3n) is 1.72. The Kier molecular flexibility index (Phi) is 1.30. The largest absolute Gasteiger partial charge is 0.740 e. The van der Waals surface area contributed by atoms with E-state index in [1.807, 2.05) is 0 Å².